The Labute approximate surface area is 93.8 Å². The SMILES string of the molecule is C1CCCC(CN[C@@H]2CCOC2)CCC1. The van der Waals surface area contributed by atoms with Crippen molar-refractivity contribution in [1.29, 1.82) is 0 Å². The van der Waals surface area contributed by atoms with Gasteiger partial charge in [-0.3, -0.25) is 0 Å². The van der Waals surface area contributed by atoms with E-state index in [1.54, 1.807) is 0 Å². The summed E-state index contributed by atoms with van der Waals surface area (Å²) in [7, 11) is 0. The van der Waals surface area contributed by atoms with Crippen LogP contribution in [0.1, 0.15) is 51.4 Å². The van der Waals surface area contributed by atoms with Crippen LogP contribution in [0.25, 0.3) is 0 Å². The molecule has 2 aliphatic rings. The van der Waals surface area contributed by atoms with E-state index in [4.69, 9.17) is 4.74 Å². The molecular formula is C13H25NO. The van der Waals surface area contributed by atoms with Gasteiger partial charge in [-0.05, 0) is 31.7 Å². The number of ether oxygens (including phenoxy) is 1. The van der Waals surface area contributed by atoms with Gasteiger partial charge in [-0.15, -0.1) is 0 Å². The molecule has 1 saturated carbocycles. The smallest absolute Gasteiger partial charge is 0.0620 e. The second-order valence-electron chi connectivity index (χ2n) is 5.18. The summed E-state index contributed by atoms with van der Waals surface area (Å²) in [6.45, 7) is 3.13. The van der Waals surface area contributed by atoms with E-state index in [0.29, 0.717) is 6.04 Å². The Morgan fingerprint density at radius 3 is 2.33 bits per heavy atom. The largest absolute Gasteiger partial charge is 0.380 e. The van der Waals surface area contributed by atoms with Crippen molar-refractivity contribution in [2.24, 2.45) is 5.92 Å². The third kappa shape index (κ3) is 4.12. The van der Waals surface area contributed by atoms with Crippen LogP contribution in [-0.4, -0.2) is 25.8 Å². The molecule has 0 aromatic heterocycles. The fourth-order valence-corrected chi connectivity index (χ4v) is 2.77. The Morgan fingerprint density at radius 1 is 0.933 bits per heavy atom. The van der Waals surface area contributed by atoms with Gasteiger partial charge in [-0.1, -0.05) is 32.1 Å². The predicted octanol–water partition coefficient (Wildman–Crippen LogP) is 2.73. The van der Waals surface area contributed by atoms with Crippen LogP contribution in [0.4, 0.5) is 0 Å². The molecule has 1 heterocycles. The Hall–Kier alpha value is -0.0800. The van der Waals surface area contributed by atoms with Crippen LogP contribution in [0.2, 0.25) is 0 Å². The van der Waals surface area contributed by atoms with Crippen molar-refractivity contribution in [1.82, 2.24) is 5.32 Å². The lowest BCUT2D eigenvalue weighted by atomic mass is 9.91. The van der Waals surface area contributed by atoms with Gasteiger partial charge in [0.25, 0.3) is 0 Å². The molecule has 1 atom stereocenters. The second-order valence-corrected chi connectivity index (χ2v) is 5.18. The van der Waals surface area contributed by atoms with Crippen LogP contribution in [0.3, 0.4) is 0 Å². The highest BCUT2D eigenvalue weighted by molar-refractivity contribution is 4.74. The van der Waals surface area contributed by atoms with E-state index in [-0.39, 0.29) is 0 Å². The highest BCUT2D eigenvalue weighted by Gasteiger charge is 2.17. The van der Waals surface area contributed by atoms with Gasteiger partial charge in [0.05, 0.1) is 6.61 Å². The molecule has 0 amide bonds. The highest BCUT2D eigenvalue weighted by atomic mass is 16.5. The molecule has 88 valence electrons. The Bertz CT molecular complexity index is 158. The van der Waals surface area contributed by atoms with Gasteiger partial charge in [0, 0.05) is 12.6 Å². The van der Waals surface area contributed by atoms with E-state index in [1.807, 2.05) is 0 Å². The molecule has 0 bridgehead atoms. The lowest BCUT2D eigenvalue weighted by Crippen LogP contribution is -2.33. The molecule has 2 rings (SSSR count). The maximum atomic E-state index is 5.38. The molecule has 2 fully saturated rings. The van der Waals surface area contributed by atoms with E-state index in [1.165, 1.54) is 57.9 Å². The zero-order valence-corrected chi connectivity index (χ0v) is 9.84. The summed E-state index contributed by atoms with van der Waals surface area (Å²) in [6.07, 6.45) is 11.4. The van der Waals surface area contributed by atoms with Crippen LogP contribution in [0, 0.1) is 5.92 Å². The van der Waals surface area contributed by atoms with E-state index >= 15 is 0 Å². The van der Waals surface area contributed by atoms with Gasteiger partial charge in [0.2, 0.25) is 0 Å². The molecule has 0 aromatic rings. The lowest BCUT2D eigenvalue weighted by Gasteiger charge is -2.21. The monoisotopic (exact) mass is 211 g/mol. The van der Waals surface area contributed by atoms with Crippen LogP contribution >= 0.6 is 0 Å². The first kappa shape index (κ1) is 11.4. The first-order valence-corrected chi connectivity index (χ1v) is 6.76. The van der Waals surface area contributed by atoms with Crippen LogP contribution < -0.4 is 5.32 Å². The minimum atomic E-state index is 0.649. The van der Waals surface area contributed by atoms with E-state index in [0.717, 1.165) is 19.1 Å². The van der Waals surface area contributed by atoms with Crippen molar-refractivity contribution in [3.05, 3.63) is 0 Å². The quantitative estimate of drug-likeness (QED) is 0.775. The van der Waals surface area contributed by atoms with Crippen molar-refractivity contribution >= 4 is 0 Å². The van der Waals surface area contributed by atoms with E-state index < -0.39 is 0 Å². The summed E-state index contributed by atoms with van der Waals surface area (Å²) in [6, 6.07) is 0.649. The number of rotatable bonds is 3. The van der Waals surface area contributed by atoms with Crippen LogP contribution in [0.5, 0.6) is 0 Å². The van der Waals surface area contributed by atoms with Gasteiger partial charge < -0.3 is 10.1 Å². The van der Waals surface area contributed by atoms with E-state index in [2.05, 4.69) is 5.32 Å². The third-order valence-corrected chi connectivity index (χ3v) is 3.85. The van der Waals surface area contributed by atoms with Gasteiger partial charge in [0.15, 0.2) is 0 Å². The van der Waals surface area contributed by atoms with E-state index in [9.17, 15) is 0 Å². The molecule has 0 unspecified atom stereocenters. The van der Waals surface area contributed by atoms with Crippen molar-refractivity contribution in [2.75, 3.05) is 19.8 Å². The molecule has 0 spiro atoms. The summed E-state index contributed by atoms with van der Waals surface area (Å²) in [5.41, 5.74) is 0. The van der Waals surface area contributed by atoms with Gasteiger partial charge in [-0.25, -0.2) is 0 Å². The topological polar surface area (TPSA) is 21.3 Å². The molecule has 1 N–H and O–H groups in total. The Morgan fingerprint density at radius 2 is 1.67 bits per heavy atom. The zero-order valence-electron chi connectivity index (χ0n) is 9.84. The minimum Gasteiger partial charge on any atom is -0.380 e. The van der Waals surface area contributed by atoms with Crippen LogP contribution in [-0.2, 0) is 4.74 Å². The fraction of sp³-hybridized carbons (Fsp3) is 1.00. The summed E-state index contributed by atoms with van der Waals surface area (Å²) in [4.78, 5) is 0. The van der Waals surface area contributed by atoms with Gasteiger partial charge in [0.1, 0.15) is 0 Å². The van der Waals surface area contributed by atoms with Gasteiger partial charge in [-0.2, -0.15) is 0 Å². The summed E-state index contributed by atoms with van der Waals surface area (Å²) < 4.78 is 5.38. The maximum absolute atomic E-state index is 5.38. The molecular weight excluding hydrogens is 186 g/mol. The molecule has 1 aliphatic heterocycles. The average molecular weight is 211 g/mol. The molecule has 1 saturated heterocycles. The van der Waals surface area contributed by atoms with Gasteiger partial charge >= 0.3 is 0 Å². The molecule has 0 radical (unpaired) electrons. The first-order chi connectivity index (χ1) is 7.45. The molecule has 1 aliphatic carbocycles. The van der Waals surface area contributed by atoms with Crippen molar-refractivity contribution in [2.45, 2.75) is 57.4 Å². The standard InChI is InChI=1S/C13H25NO/c1-2-4-6-12(7-5-3-1)10-14-13-8-9-15-11-13/h12-14H,1-11H2/t13-/m1/s1. The summed E-state index contributed by atoms with van der Waals surface area (Å²) in [5.74, 6) is 0.936. The van der Waals surface area contributed by atoms with Crippen molar-refractivity contribution in [3.63, 3.8) is 0 Å². The second kappa shape index (κ2) is 6.49. The molecule has 2 nitrogen and oxygen atoms in total. The number of hydrogen-bond donors (Lipinski definition) is 1. The molecule has 0 aromatic carbocycles. The normalized spacial score (nSPS) is 30.0. The molecule has 15 heavy (non-hydrogen) atoms. The van der Waals surface area contributed by atoms with Crippen molar-refractivity contribution < 1.29 is 4.74 Å². The fourth-order valence-electron chi connectivity index (χ4n) is 2.77. The van der Waals surface area contributed by atoms with Crippen LogP contribution in [0.15, 0.2) is 0 Å². The predicted molar refractivity (Wildman–Crippen MR) is 63.0 cm³/mol. The Balaban J connectivity index is 1.62. The number of nitrogens with one attached hydrogen (secondary N) is 1. The molecule has 2 heteroatoms. The first-order valence-electron chi connectivity index (χ1n) is 6.76. The minimum absolute atomic E-state index is 0.649. The zero-order chi connectivity index (χ0) is 10.3. The highest BCUT2D eigenvalue weighted by Crippen LogP contribution is 2.21. The lowest BCUT2D eigenvalue weighted by molar-refractivity contribution is 0.188. The third-order valence-electron chi connectivity index (χ3n) is 3.85. The number of hydrogen-bond acceptors (Lipinski definition) is 2. The maximum Gasteiger partial charge on any atom is 0.0620 e. The summed E-state index contributed by atoms with van der Waals surface area (Å²) >= 11 is 0. The average Bonchev–Trinajstić information content (AvgIpc) is 2.68. The summed E-state index contributed by atoms with van der Waals surface area (Å²) in [5, 5.41) is 3.67. The van der Waals surface area contributed by atoms with Crippen molar-refractivity contribution in [3.8, 4) is 0 Å². The Kier molecular flexibility index (Phi) is 4.94.